The third kappa shape index (κ3) is 8.17. The average Bonchev–Trinajstić information content (AvgIpc) is 2.86. The second kappa shape index (κ2) is 14.0. The summed E-state index contributed by atoms with van der Waals surface area (Å²) in [5.74, 6) is 1.88. The summed E-state index contributed by atoms with van der Waals surface area (Å²) < 4.78 is 10.9. The Morgan fingerprint density at radius 3 is 2.39 bits per heavy atom. The van der Waals surface area contributed by atoms with Crippen molar-refractivity contribution < 1.29 is 14.3 Å². The van der Waals surface area contributed by atoms with Crippen LogP contribution in [0.3, 0.4) is 0 Å². The monoisotopic (exact) mass is 452 g/mol. The van der Waals surface area contributed by atoms with Gasteiger partial charge in [-0.15, -0.1) is 0 Å². The van der Waals surface area contributed by atoms with Gasteiger partial charge in [0, 0.05) is 25.7 Å². The first-order valence-electron chi connectivity index (χ1n) is 12.4. The average molecular weight is 453 g/mol. The first-order valence-corrected chi connectivity index (χ1v) is 12.4. The van der Waals surface area contributed by atoms with Crippen molar-refractivity contribution in [3.63, 3.8) is 0 Å². The summed E-state index contributed by atoms with van der Waals surface area (Å²) in [5, 5.41) is 6.75. The molecule has 0 aliphatic heterocycles. The van der Waals surface area contributed by atoms with E-state index >= 15 is 0 Å². The van der Waals surface area contributed by atoms with Crippen LogP contribution in [-0.4, -0.2) is 39.8 Å². The summed E-state index contributed by atoms with van der Waals surface area (Å²) in [6.07, 6.45) is 8.59. The van der Waals surface area contributed by atoms with Gasteiger partial charge in [-0.05, 0) is 61.7 Å². The van der Waals surface area contributed by atoms with Crippen LogP contribution in [0.2, 0.25) is 0 Å². The molecule has 5 nitrogen and oxygen atoms in total. The third-order valence-corrected chi connectivity index (χ3v) is 6.62. The van der Waals surface area contributed by atoms with Gasteiger partial charge in [0.1, 0.15) is 5.75 Å². The van der Waals surface area contributed by atoms with Crippen molar-refractivity contribution in [3.8, 4) is 5.75 Å². The van der Waals surface area contributed by atoms with Crippen molar-refractivity contribution >= 4 is 5.91 Å². The zero-order valence-electron chi connectivity index (χ0n) is 20.2. The van der Waals surface area contributed by atoms with Crippen molar-refractivity contribution in [2.24, 2.45) is 11.8 Å². The number of nitrogens with one attached hydrogen (secondary N) is 2. The minimum atomic E-state index is -0.0605. The summed E-state index contributed by atoms with van der Waals surface area (Å²) in [4.78, 5) is 13.1. The SMILES string of the molecule is CNC[C@H](CC1CCCCC1)[C@H](NC(=O)c1ccccc1)c1ccc(OCCCOC)cc1. The highest BCUT2D eigenvalue weighted by molar-refractivity contribution is 5.94. The van der Waals surface area contributed by atoms with E-state index in [-0.39, 0.29) is 11.9 Å². The summed E-state index contributed by atoms with van der Waals surface area (Å²) in [5.41, 5.74) is 1.82. The topological polar surface area (TPSA) is 59.6 Å². The van der Waals surface area contributed by atoms with Gasteiger partial charge in [0.2, 0.25) is 0 Å². The highest BCUT2D eigenvalue weighted by Gasteiger charge is 2.28. The molecule has 33 heavy (non-hydrogen) atoms. The van der Waals surface area contributed by atoms with Gasteiger partial charge >= 0.3 is 0 Å². The summed E-state index contributed by atoms with van der Waals surface area (Å²) >= 11 is 0. The number of hydrogen-bond acceptors (Lipinski definition) is 4. The zero-order valence-corrected chi connectivity index (χ0v) is 20.2. The molecule has 1 aliphatic rings. The van der Waals surface area contributed by atoms with Gasteiger partial charge in [0.15, 0.2) is 0 Å². The van der Waals surface area contributed by atoms with Gasteiger partial charge in [-0.1, -0.05) is 62.4 Å². The van der Waals surface area contributed by atoms with Crippen LogP contribution in [0.5, 0.6) is 5.75 Å². The van der Waals surface area contributed by atoms with Gasteiger partial charge in [-0.25, -0.2) is 0 Å². The summed E-state index contributed by atoms with van der Waals surface area (Å²) in [6, 6.07) is 17.7. The van der Waals surface area contributed by atoms with Crippen LogP contribution >= 0.6 is 0 Å². The second-order valence-corrected chi connectivity index (χ2v) is 9.14. The van der Waals surface area contributed by atoms with E-state index in [1.54, 1.807) is 7.11 Å². The Labute approximate surface area is 199 Å². The fourth-order valence-electron chi connectivity index (χ4n) is 4.90. The molecule has 0 bridgehead atoms. The molecule has 0 aromatic heterocycles. The van der Waals surface area contributed by atoms with Crippen LogP contribution in [0.1, 0.15) is 66.9 Å². The van der Waals surface area contributed by atoms with E-state index in [0.29, 0.717) is 24.7 Å². The molecule has 2 aromatic carbocycles. The van der Waals surface area contributed by atoms with Crippen LogP contribution in [0.25, 0.3) is 0 Å². The normalized spacial score (nSPS) is 16.2. The number of rotatable bonds is 13. The quantitative estimate of drug-likeness (QED) is 0.401. The predicted octanol–water partition coefficient (Wildman–Crippen LogP) is 5.38. The fourth-order valence-corrected chi connectivity index (χ4v) is 4.90. The van der Waals surface area contributed by atoms with Crippen LogP contribution in [-0.2, 0) is 4.74 Å². The van der Waals surface area contributed by atoms with E-state index in [1.165, 1.54) is 32.1 Å². The van der Waals surface area contributed by atoms with Crippen LogP contribution in [0.4, 0.5) is 0 Å². The Bertz CT molecular complexity index is 804. The van der Waals surface area contributed by atoms with Crippen molar-refractivity contribution in [2.75, 3.05) is 33.9 Å². The first-order chi connectivity index (χ1) is 16.2. The third-order valence-electron chi connectivity index (χ3n) is 6.62. The molecule has 1 amide bonds. The smallest absolute Gasteiger partial charge is 0.251 e. The Morgan fingerprint density at radius 1 is 1.00 bits per heavy atom. The molecular formula is C28H40N2O3. The minimum absolute atomic E-state index is 0.0229. The molecule has 0 spiro atoms. The van der Waals surface area contributed by atoms with Gasteiger partial charge < -0.3 is 20.1 Å². The number of ether oxygens (including phenoxy) is 2. The Hall–Kier alpha value is -2.37. The van der Waals surface area contributed by atoms with Gasteiger partial charge in [0.25, 0.3) is 5.91 Å². The predicted molar refractivity (Wildman–Crippen MR) is 134 cm³/mol. The number of benzene rings is 2. The Morgan fingerprint density at radius 2 is 1.73 bits per heavy atom. The molecule has 2 atom stereocenters. The van der Waals surface area contributed by atoms with Crippen LogP contribution in [0, 0.1) is 11.8 Å². The standard InChI is InChI=1S/C28H40N2O3/c1-29-21-25(20-22-10-5-3-6-11-22)27(30-28(31)24-12-7-4-8-13-24)23-14-16-26(17-15-23)33-19-9-18-32-2/h4,7-8,12-17,22,25,27,29H,3,5-6,9-11,18-21H2,1-2H3,(H,30,31)/t25-,27+/m0/s1. The molecule has 0 radical (unpaired) electrons. The van der Waals surface area contributed by atoms with Crippen LogP contribution in [0.15, 0.2) is 54.6 Å². The Kier molecular flexibility index (Phi) is 10.7. The molecule has 1 aliphatic carbocycles. The lowest BCUT2D eigenvalue weighted by Gasteiger charge is -2.33. The van der Waals surface area contributed by atoms with Gasteiger partial charge in [-0.2, -0.15) is 0 Å². The lowest BCUT2D eigenvalue weighted by atomic mass is 9.79. The largest absolute Gasteiger partial charge is 0.494 e. The molecule has 2 N–H and O–H groups in total. The lowest BCUT2D eigenvalue weighted by molar-refractivity contribution is 0.0913. The number of hydrogen-bond donors (Lipinski definition) is 2. The number of methoxy groups -OCH3 is 1. The van der Waals surface area contributed by atoms with Gasteiger partial charge in [0.05, 0.1) is 12.6 Å². The molecule has 1 saturated carbocycles. The van der Waals surface area contributed by atoms with Gasteiger partial charge in [-0.3, -0.25) is 4.79 Å². The summed E-state index contributed by atoms with van der Waals surface area (Å²) in [7, 11) is 3.70. The lowest BCUT2D eigenvalue weighted by Crippen LogP contribution is -2.38. The molecular weight excluding hydrogens is 412 g/mol. The molecule has 1 fully saturated rings. The number of amides is 1. The molecule has 5 heteroatoms. The maximum atomic E-state index is 13.1. The van der Waals surface area contributed by atoms with E-state index in [1.807, 2.05) is 49.5 Å². The van der Waals surface area contributed by atoms with Crippen LogP contribution < -0.4 is 15.4 Å². The van der Waals surface area contributed by atoms with E-state index in [4.69, 9.17) is 9.47 Å². The van der Waals surface area contributed by atoms with Crippen molar-refractivity contribution in [2.45, 2.75) is 51.0 Å². The highest BCUT2D eigenvalue weighted by Crippen LogP contribution is 2.34. The van der Waals surface area contributed by atoms with Crippen molar-refractivity contribution in [1.29, 1.82) is 0 Å². The van der Waals surface area contributed by atoms with E-state index in [2.05, 4.69) is 22.8 Å². The Balaban J connectivity index is 1.77. The molecule has 0 heterocycles. The molecule has 0 unspecified atom stereocenters. The molecule has 2 aromatic rings. The number of carbonyl (C=O) groups is 1. The maximum Gasteiger partial charge on any atom is 0.251 e. The maximum absolute atomic E-state index is 13.1. The minimum Gasteiger partial charge on any atom is -0.494 e. The molecule has 0 saturated heterocycles. The highest BCUT2D eigenvalue weighted by atomic mass is 16.5. The number of carbonyl (C=O) groups excluding carboxylic acids is 1. The molecule has 3 rings (SSSR count). The first kappa shape index (κ1) is 25.3. The fraction of sp³-hybridized carbons (Fsp3) is 0.536. The van der Waals surface area contributed by atoms with Crippen molar-refractivity contribution in [3.05, 3.63) is 65.7 Å². The van der Waals surface area contributed by atoms with E-state index < -0.39 is 0 Å². The molecule has 180 valence electrons. The zero-order chi connectivity index (χ0) is 23.3. The van der Waals surface area contributed by atoms with E-state index in [9.17, 15) is 4.79 Å². The summed E-state index contributed by atoms with van der Waals surface area (Å²) in [6.45, 7) is 2.19. The van der Waals surface area contributed by atoms with Crippen molar-refractivity contribution in [1.82, 2.24) is 10.6 Å². The second-order valence-electron chi connectivity index (χ2n) is 9.14. The van der Waals surface area contributed by atoms with E-state index in [0.717, 1.165) is 36.6 Å².